The van der Waals surface area contributed by atoms with Gasteiger partial charge in [0.25, 0.3) is 0 Å². The van der Waals surface area contributed by atoms with Crippen LogP contribution < -0.4 is 5.73 Å². The molecule has 0 unspecified atom stereocenters. The number of rotatable bonds is 12. The highest BCUT2D eigenvalue weighted by Crippen LogP contribution is 2.22. The highest BCUT2D eigenvalue weighted by Gasteiger charge is 2.38. The average molecular weight is 598 g/mol. The van der Waals surface area contributed by atoms with Gasteiger partial charge in [0.05, 0.1) is 6.04 Å². The highest BCUT2D eigenvalue weighted by atomic mass is 79.9. The lowest BCUT2D eigenvalue weighted by molar-refractivity contribution is -0.192. The van der Waals surface area contributed by atoms with Crippen molar-refractivity contribution in [2.75, 3.05) is 20.6 Å². The number of allylic oxidation sites excluding steroid dienone is 1. The predicted molar refractivity (Wildman–Crippen MR) is 137 cm³/mol. The largest absolute Gasteiger partial charge is 0.490 e. The van der Waals surface area contributed by atoms with E-state index in [2.05, 4.69) is 22.5 Å². The van der Waals surface area contributed by atoms with Crippen LogP contribution in [-0.4, -0.2) is 71.6 Å². The number of carboxylic acids is 1. The number of carboxylic acid groups (broad SMARTS) is 1. The van der Waals surface area contributed by atoms with Gasteiger partial charge in [0.1, 0.15) is 11.9 Å². The van der Waals surface area contributed by atoms with Crippen molar-refractivity contribution in [1.29, 1.82) is 0 Å². The Balaban J connectivity index is 0.00000161. The standard InChI is InChI=1S/C23H35BrFN3O2.C2HF3O2/c1-6-7-8-9-12-27(4)23(30)21(15-17-14-18(25)10-11-19(17)24)28(5)22(29)20(26)13-16(2)3;3-2(4,5)1(6)7/h6,10-11,14,16,20-21H,1,7-9,12-13,15,26H2,2-5H3;(H,6,7)/t20-,21-;/m0./s1. The third-order valence-corrected chi connectivity index (χ3v) is 6.11. The van der Waals surface area contributed by atoms with Crippen LogP contribution in [0.25, 0.3) is 0 Å². The molecule has 3 N–H and O–H groups in total. The van der Waals surface area contributed by atoms with Crippen molar-refractivity contribution in [3.63, 3.8) is 0 Å². The lowest BCUT2D eigenvalue weighted by atomic mass is 10.00. The summed E-state index contributed by atoms with van der Waals surface area (Å²) in [7, 11) is 3.33. The van der Waals surface area contributed by atoms with Crippen LogP contribution in [0.4, 0.5) is 17.6 Å². The van der Waals surface area contributed by atoms with Gasteiger partial charge in [0, 0.05) is 31.5 Å². The Morgan fingerprint density at radius 3 is 2.22 bits per heavy atom. The normalized spacial score (nSPS) is 12.7. The van der Waals surface area contributed by atoms with Gasteiger partial charge >= 0.3 is 12.1 Å². The van der Waals surface area contributed by atoms with Gasteiger partial charge in [0.15, 0.2) is 0 Å². The van der Waals surface area contributed by atoms with Crippen molar-refractivity contribution in [1.82, 2.24) is 9.80 Å². The van der Waals surface area contributed by atoms with Crippen molar-refractivity contribution in [2.24, 2.45) is 11.7 Å². The Bertz CT molecular complexity index is 912. The number of aliphatic carboxylic acids is 1. The smallest absolute Gasteiger partial charge is 0.475 e. The van der Waals surface area contributed by atoms with Gasteiger partial charge in [-0.15, -0.1) is 6.58 Å². The van der Waals surface area contributed by atoms with Crippen molar-refractivity contribution < 1.29 is 37.1 Å². The SMILES string of the molecule is C=CCCCCN(C)C(=O)[C@H](Cc1cc(F)ccc1Br)N(C)C(=O)[C@@H](N)CC(C)C.O=C(O)C(F)(F)F. The molecule has 0 spiro atoms. The van der Waals surface area contributed by atoms with Crippen molar-refractivity contribution in [3.05, 3.63) is 46.7 Å². The van der Waals surface area contributed by atoms with Gasteiger partial charge in [-0.25, -0.2) is 9.18 Å². The van der Waals surface area contributed by atoms with Crippen LogP contribution >= 0.6 is 15.9 Å². The fraction of sp³-hybridized carbons (Fsp3) is 0.560. The van der Waals surface area contributed by atoms with E-state index < -0.39 is 24.2 Å². The Kier molecular flexibility index (Phi) is 15.3. The molecule has 12 heteroatoms. The molecule has 0 heterocycles. The molecular weight excluding hydrogens is 562 g/mol. The quantitative estimate of drug-likeness (QED) is 0.205. The molecule has 0 aliphatic rings. The Hall–Kier alpha value is -2.47. The summed E-state index contributed by atoms with van der Waals surface area (Å²) in [5.74, 6) is -3.35. The fourth-order valence-corrected chi connectivity index (χ4v) is 3.73. The van der Waals surface area contributed by atoms with E-state index in [4.69, 9.17) is 15.6 Å². The number of nitrogens with zero attached hydrogens (tertiary/aromatic N) is 2. The zero-order valence-corrected chi connectivity index (χ0v) is 23.1. The summed E-state index contributed by atoms with van der Waals surface area (Å²) in [5.41, 5.74) is 6.73. The van der Waals surface area contributed by atoms with Crippen LogP contribution in [0.15, 0.2) is 35.3 Å². The number of hydrogen-bond donors (Lipinski definition) is 2. The molecule has 2 atom stereocenters. The van der Waals surface area contributed by atoms with E-state index in [-0.39, 0.29) is 30.0 Å². The number of benzene rings is 1. The van der Waals surface area contributed by atoms with E-state index in [0.29, 0.717) is 23.0 Å². The molecule has 1 aromatic rings. The zero-order chi connectivity index (χ0) is 28.9. The van der Waals surface area contributed by atoms with E-state index in [0.717, 1.165) is 19.3 Å². The first-order valence-electron chi connectivity index (χ1n) is 11.6. The van der Waals surface area contributed by atoms with Crippen molar-refractivity contribution in [3.8, 4) is 0 Å². The van der Waals surface area contributed by atoms with Gasteiger partial charge in [-0.1, -0.05) is 35.9 Å². The molecule has 0 aromatic heterocycles. The van der Waals surface area contributed by atoms with E-state index in [1.165, 1.54) is 17.0 Å². The molecule has 0 saturated carbocycles. The van der Waals surface area contributed by atoms with Crippen LogP contribution in [0.3, 0.4) is 0 Å². The molecule has 0 bridgehead atoms. The Morgan fingerprint density at radius 2 is 1.73 bits per heavy atom. The summed E-state index contributed by atoms with van der Waals surface area (Å²) in [5, 5.41) is 7.12. The second-order valence-electron chi connectivity index (χ2n) is 8.99. The van der Waals surface area contributed by atoms with Gasteiger partial charge in [-0.3, -0.25) is 9.59 Å². The first kappa shape index (κ1) is 34.5. The second kappa shape index (κ2) is 16.4. The Morgan fingerprint density at radius 1 is 1.16 bits per heavy atom. The molecule has 2 amide bonds. The highest BCUT2D eigenvalue weighted by molar-refractivity contribution is 9.10. The molecule has 1 aromatic carbocycles. The van der Waals surface area contributed by atoms with E-state index in [1.807, 2.05) is 19.9 Å². The summed E-state index contributed by atoms with van der Waals surface area (Å²) in [6.07, 6.45) is 0.180. The zero-order valence-electron chi connectivity index (χ0n) is 21.5. The summed E-state index contributed by atoms with van der Waals surface area (Å²) < 4.78 is 46.2. The van der Waals surface area contributed by atoms with Gasteiger partial charge in [-0.05, 0) is 55.4 Å². The molecule has 37 heavy (non-hydrogen) atoms. The lowest BCUT2D eigenvalue weighted by Gasteiger charge is -2.33. The van der Waals surface area contributed by atoms with E-state index in [9.17, 15) is 27.2 Å². The average Bonchev–Trinajstić information content (AvgIpc) is 2.80. The minimum absolute atomic E-state index is 0.183. The number of hydrogen-bond acceptors (Lipinski definition) is 4. The van der Waals surface area contributed by atoms with Gasteiger partial charge in [-0.2, -0.15) is 13.2 Å². The van der Waals surface area contributed by atoms with Crippen LogP contribution in [0.2, 0.25) is 0 Å². The first-order chi connectivity index (χ1) is 17.0. The van der Waals surface area contributed by atoms with Gasteiger partial charge < -0.3 is 20.6 Å². The van der Waals surface area contributed by atoms with Crippen LogP contribution in [0, 0.1) is 11.7 Å². The molecule has 0 aliphatic carbocycles. The molecule has 0 aliphatic heterocycles. The van der Waals surface area contributed by atoms with Gasteiger partial charge in [0.2, 0.25) is 11.8 Å². The summed E-state index contributed by atoms with van der Waals surface area (Å²) in [4.78, 5) is 38.1. The molecule has 0 radical (unpaired) electrons. The topological polar surface area (TPSA) is 104 Å². The maximum Gasteiger partial charge on any atom is 0.490 e. The number of nitrogens with two attached hydrogens (primary N) is 1. The van der Waals surface area contributed by atoms with Crippen LogP contribution in [0.5, 0.6) is 0 Å². The molecule has 210 valence electrons. The van der Waals surface area contributed by atoms with Crippen molar-refractivity contribution >= 4 is 33.7 Å². The molecule has 1 rings (SSSR count). The third kappa shape index (κ3) is 13.1. The number of likely N-dealkylation sites (N-methyl/N-ethyl adjacent to an activating group) is 2. The number of amides is 2. The van der Waals surface area contributed by atoms with Crippen LogP contribution in [0.1, 0.15) is 45.1 Å². The number of unbranched alkanes of at least 4 members (excludes halogenated alkanes) is 2. The third-order valence-electron chi connectivity index (χ3n) is 5.33. The molecule has 0 fully saturated rings. The lowest BCUT2D eigenvalue weighted by Crippen LogP contribution is -2.54. The summed E-state index contributed by atoms with van der Waals surface area (Å²) in [6.45, 7) is 8.28. The molecule has 0 saturated heterocycles. The Labute approximate surface area is 223 Å². The first-order valence-corrected chi connectivity index (χ1v) is 12.4. The number of carbonyl (C=O) groups excluding carboxylic acids is 2. The van der Waals surface area contributed by atoms with E-state index >= 15 is 0 Å². The molecular formula is C25H36BrF4N3O4. The second-order valence-corrected chi connectivity index (χ2v) is 9.84. The minimum Gasteiger partial charge on any atom is -0.475 e. The summed E-state index contributed by atoms with van der Waals surface area (Å²) in [6, 6.07) is 2.90. The van der Waals surface area contributed by atoms with Crippen LogP contribution in [-0.2, 0) is 20.8 Å². The minimum atomic E-state index is -5.08. The predicted octanol–water partition coefficient (Wildman–Crippen LogP) is 4.78. The number of halogens is 5. The molecule has 7 nitrogen and oxygen atoms in total. The van der Waals surface area contributed by atoms with Crippen molar-refractivity contribution in [2.45, 2.75) is 64.2 Å². The maximum atomic E-state index is 13.8. The maximum absolute atomic E-state index is 13.8. The fourth-order valence-electron chi connectivity index (χ4n) is 3.32. The van der Waals surface area contributed by atoms with E-state index in [1.54, 1.807) is 25.1 Å². The number of carbonyl (C=O) groups is 3. The monoisotopic (exact) mass is 597 g/mol. The summed E-state index contributed by atoms with van der Waals surface area (Å²) >= 11 is 3.42. The number of alkyl halides is 3.